The van der Waals surface area contributed by atoms with Gasteiger partial charge in [0.1, 0.15) is 0 Å². The van der Waals surface area contributed by atoms with E-state index in [2.05, 4.69) is 48.2 Å². The number of hydrogen-bond acceptors (Lipinski definition) is 2. The molecule has 104 valence electrons. The fourth-order valence-corrected chi connectivity index (χ4v) is 2.85. The van der Waals surface area contributed by atoms with Crippen molar-refractivity contribution in [2.24, 2.45) is 5.92 Å². The molecule has 2 aromatic rings. The zero-order valence-corrected chi connectivity index (χ0v) is 11.8. The minimum absolute atomic E-state index is 0.178. The summed E-state index contributed by atoms with van der Waals surface area (Å²) in [4.78, 5) is 13.1. The van der Waals surface area contributed by atoms with Crippen molar-refractivity contribution in [3.05, 3.63) is 47.5 Å². The fourth-order valence-electron chi connectivity index (χ4n) is 2.85. The molecular weight excluding hydrogens is 250 g/mol. The van der Waals surface area contributed by atoms with Crippen molar-refractivity contribution >= 4 is 16.7 Å². The summed E-state index contributed by atoms with van der Waals surface area (Å²) < 4.78 is 0. The summed E-state index contributed by atoms with van der Waals surface area (Å²) in [6, 6.07) is 13.1. The Hall–Kier alpha value is -1.87. The van der Waals surface area contributed by atoms with Gasteiger partial charge in [0.2, 0.25) is 0 Å². The molecule has 0 radical (unpaired) electrons. The molecule has 0 aliphatic heterocycles. The quantitative estimate of drug-likeness (QED) is 0.927. The molecule has 0 heterocycles. The van der Waals surface area contributed by atoms with Gasteiger partial charge < -0.3 is 5.11 Å². The first-order valence-corrected chi connectivity index (χ1v) is 6.97. The lowest BCUT2D eigenvalue weighted by atomic mass is 10.0. The van der Waals surface area contributed by atoms with E-state index in [1.165, 1.54) is 21.9 Å². The van der Waals surface area contributed by atoms with Crippen molar-refractivity contribution < 1.29 is 9.90 Å². The summed E-state index contributed by atoms with van der Waals surface area (Å²) >= 11 is 0. The minimum atomic E-state index is -0.671. The van der Waals surface area contributed by atoms with Gasteiger partial charge in [-0.25, -0.2) is 0 Å². The number of nitrogens with zero attached hydrogens (tertiary/aromatic N) is 1. The Morgan fingerprint density at radius 3 is 2.65 bits per heavy atom. The Morgan fingerprint density at radius 1 is 1.25 bits per heavy atom. The molecule has 1 N–H and O–H groups in total. The van der Waals surface area contributed by atoms with Crippen LogP contribution in [-0.2, 0) is 11.3 Å². The Kier molecular flexibility index (Phi) is 3.22. The molecule has 3 rings (SSSR count). The molecule has 3 nitrogen and oxygen atoms in total. The second kappa shape index (κ2) is 4.91. The normalized spacial score (nSPS) is 21.4. The van der Waals surface area contributed by atoms with Gasteiger partial charge in [-0.2, -0.15) is 0 Å². The second-order valence-corrected chi connectivity index (χ2v) is 5.85. The molecule has 1 aliphatic rings. The lowest BCUT2D eigenvalue weighted by Gasteiger charge is -2.16. The van der Waals surface area contributed by atoms with E-state index < -0.39 is 5.97 Å². The molecular formula is C17H19NO2. The van der Waals surface area contributed by atoms with Gasteiger partial charge in [-0.05, 0) is 42.8 Å². The first-order valence-electron chi connectivity index (χ1n) is 6.97. The Bertz CT molecular complexity index is 665. The number of fused-ring (bicyclic) bond motifs is 1. The van der Waals surface area contributed by atoms with E-state index >= 15 is 0 Å². The highest BCUT2D eigenvalue weighted by Gasteiger charge is 2.45. The summed E-state index contributed by atoms with van der Waals surface area (Å²) in [5.41, 5.74) is 2.50. The Balaban J connectivity index is 1.75. The number of aryl methyl sites for hydroxylation is 1. The van der Waals surface area contributed by atoms with Crippen LogP contribution in [0, 0.1) is 12.8 Å². The molecule has 0 amide bonds. The van der Waals surface area contributed by atoms with Crippen molar-refractivity contribution in [1.29, 1.82) is 0 Å². The molecule has 1 fully saturated rings. The van der Waals surface area contributed by atoms with E-state index in [9.17, 15) is 4.79 Å². The van der Waals surface area contributed by atoms with Gasteiger partial charge in [-0.1, -0.05) is 35.9 Å². The molecule has 0 saturated heterocycles. The zero-order valence-electron chi connectivity index (χ0n) is 11.8. The smallest absolute Gasteiger partial charge is 0.308 e. The van der Waals surface area contributed by atoms with Crippen LogP contribution in [0.4, 0.5) is 0 Å². The summed E-state index contributed by atoms with van der Waals surface area (Å²) in [7, 11) is 2.01. The maximum Gasteiger partial charge on any atom is 0.308 e. The number of carbonyl (C=O) groups is 1. The van der Waals surface area contributed by atoms with Crippen LogP contribution in [0.1, 0.15) is 17.5 Å². The fraction of sp³-hybridized carbons (Fsp3) is 0.353. The van der Waals surface area contributed by atoms with Crippen molar-refractivity contribution in [3.8, 4) is 0 Å². The maximum absolute atomic E-state index is 10.9. The Labute approximate surface area is 118 Å². The molecule has 2 unspecified atom stereocenters. The molecule has 3 heteroatoms. The van der Waals surface area contributed by atoms with E-state index in [4.69, 9.17) is 5.11 Å². The lowest BCUT2D eigenvalue weighted by molar-refractivity contribution is -0.138. The average molecular weight is 269 g/mol. The molecule has 0 aromatic heterocycles. The van der Waals surface area contributed by atoms with Crippen LogP contribution in [0.5, 0.6) is 0 Å². The largest absolute Gasteiger partial charge is 0.481 e. The van der Waals surface area contributed by atoms with Crippen LogP contribution in [0.3, 0.4) is 0 Å². The SMILES string of the molecule is Cc1ccc2cc(CN(C)C3CC3C(=O)O)ccc2c1. The van der Waals surface area contributed by atoms with E-state index in [1.54, 1.807) is 0 Å². The van der Waals surface area contributed by atoms with Crippen LogP contribution in [0.25, 0.3) is 10.8 Å². The van der Waals surface area contributed by atoms with Gasteiger partial charge in [0.15, 0.2) is 0 Å². The molecule has 20 heavy (non-hydrogen) atoms. The van der Waals surface area contributed by atoms with Crippen LogP contribution in [-0.4, -0.2) is 29.1 Å². The zero-order chi connectivity index (χ0) is 14.3. The van der Waals surface area contributed by atoms with Gasteiger partial charge in [0.25, 0.3) is 0 Å². The van der Waals surface area contributed by atoms with Crippen molar-refractivity contribution in [2.45, 2.75) is 25.9 Å². The van der Waals surface area contributed by atoms with Gasteiger partial charge in [-0.3, -0.25) is 9.69 Å². The van der Waals surface area contributed by atoms with Crippen LogP contribution in [0.2, 0.25) is 0 Å². The molecule has 2 aromatic carbocycles. The highest BCUT2D eigenvalue weighted by molar-refractivity contribution is 5.83. The predicted molar refractivity (Wildman–Crippen MR) is 79.7 cm³/mol. The topological polar surface area (TPSA) is 40.5 Å². The van der Waals surface area contributed by atoms with Crippen molar-refractivity contribution in [2.75, 3.05) is 7.05 Å². The van der Waals surface area contributed by atoms with Crippen LogP contribution >= 0.6 is 0 Å². The van der Waals surface area contributed by atoms with Crippen molar-refractivity contribution in [1.82, 2.24) is 4.90 Å². The number of hydrogen-bond donors (Lipinski definition) is 1. The second-order valence-electron chi connectivity index (χ2n) is 5.85. The molecule has 2 atom stereocenters. The van der Waals surface area contributed by atoms with Crippen molar-refractivity contribution in [3.63, 3.8) is 0 Å². The average Bonchev–Trinajstić information content (AvgIpc) is 3.19. The number of aliphatic carboxylic acids is 1. The molecule has 1 aliphatic carbocycles. The van der Waals surface area contributed by atoms with Gasteiger partial charge in [-0.15, -0.1) is 0 Å². The first-order chi connectivity index (χ1) is 9.54. The summed E-state index contributed by atoms with van der Waals surface area (Å²) in [5.74, 6) is -0.848. The highest BCUT2D eigenvalue weighted by Crippen LogP contribution is 2.35. The third kappa shape index (κ3) is 2.54. The summed E-state index contributed by atoms with van der Waals surface area (Å²) in [6.07, 6.45) is 0.776. The minimum Gasteiger partial charge on any atom is -0.481 e. The highest BCUT2D eigenvalue weighted by atomic mass is 16.4. The summed E-state index contributed by atoms with van der Waals surface area (Å²) in [5, 5.41) is 11.5. The van der Waals surface area contributed by atoms with Crippen LogP contribution < -0.4 is 0 Å². The van der Waals surface area contributed by atoms with E-state index in [0.29, 0.717) is 0 Å². The third-order valence-electron chi connectivity index (χ3n) is 4.13. The monoisotopic (exact) mass is 269 g/mol. The standard InChI is InChI=1S/C17H19NO2/c1-11-3-5-14-8-12(4-6-13(14)7-11)10-18(2)16-9-15(16)17(19)20/h3-8,15-16H,9-10H2,1-2H3,(H,19,20). The van der Waals surface area contributed by atoms with E-state index in [-0.39, 0.29) is 12.0 Å². The van der Waals surface area contributed by atoms with Gasteiger partial charge >= 0.3 is 5.97 Å². The van der Waals surface area contributed by atoms with Crippen LogP contribution in [0.15, 0.2) is 36.4 Å². The predicted octanol–water partition coefficient (Wildman–Crippen LogP) is 3.05. The number of carboxylic acids is 1. The third-order valence-corrected chi connectivity index (χ3v) is 4.13. The Morgan fingerprint density at radius 2 is 1.95 bits per heavy atom. The maximum atomic E-state index is 10.9. The number of benzene rings is 2. The number of rotatable bonds is 4. The number of carboxylic acid groups (broad SMARTS) is 1. The lowest BCUT2D eigenvalue weighted by Crippen LogP contribution is -2.23. The molecule has 0 spiro atoms. The summed E-state index contributed by atoms with van der Waals surface area (Å²) in [6.45, 7) is 2.90. The van der Waals surface area contributed by atoms with E-state index in [1.807, 2.05) is 7.05 Å². The first kappa shape index (κ1) is 13.1. The van der Waals surface area contributed by atoms with Gasteiger partial charge in [0.05, 0.1) is 5.92 Å². The van der Waals surface area contributed by atoms with E-state index in [0.717, 1.165) is 13.0 Å². The molecule has 0 bridgehead atoms. The van der Waals surface area contributed by atoms with Gasteiger partial charge in [0, 0.05) is 12.6 Å². The molecule has 1 saturated carbocycles.